The summed E-state index contributed by atoms with van der Waals surface area (Å²) >= 11 is -0.298. The molecule has 0 bridgehead atoms. The van der Waals surface area contributed by atoms with Crippen molar-refractivity contribution in [1.29, 1.82) is 0 Å². The predicted molar refractivity (Wildman–Crippen MR) is 172 cm³/mol. The molecule has 6 rings (SSSR count). The molecule has 4 aliphatic rings. The Hall–Kier alpha value is 0.0743. The van der Waals surface area contributed by atoms with Gasteiger partial charge < -0.3 is 24.8 Å². The van der Waals surface area contributed by atoms with Gasteiger partial charge in [-0.3, -0.25) is 0 Å². The molecule has 2 unspecified atom stereocenters. The van der Waals surface area contributed by atoms with E-state index in [9.17, 15) is 0 Å². The van der Waals surface area contributed by atoms with Crippen LogP contribution < -0.4 is 24.8 Å². The van der Waals surface area contributed by atoms with E-state index in [4.69, 9.17) is 0 Å². The molecule has 41 heavy (non-hydrogen) atoms. The number of hydrogen-bond donors (Lipinski definition) is 0. The molecule has 2 aromatic carbocycles. The van der Waals surface area contributed by atoms with Crippen LogP contribution in [0.2, 0.25) is 0 Å². The summed E-state index contributed by atoms with van der Waals surface area (Å²) < 4.78 is 1.43. The smallest absolute Gasteiger partial charge is 1.00 e. The molecule has 0 N–H and O–H groups in total. The van der Waals surface area contributed by atoms with Gasteiger partial charge in [0.1, 0.15) is 0 Å². The molecule has 0 heterocycles. The van der Waals surface area contributed by atoms with Crippen LogP contribution in [0, 0.1) is 0 Å². The van der Waals surface area contributed by atoms with Crippen LogP contribution in [0.1, 0.15) is 123 Å². The summed E-state index contributed by atoms with van der Waals surface area (Å²) in [5.74, 6) is 0. The number of hydrogen-bond acceptors (Lipinski definition) is 0. The van der Waals surface area contributed by atoms with Gasteiger partial charge in [-0.05, 0) is 0 Å². The zero-order valence-corrected chi connectivity index (χ0v) is 30.3. The van der Waals surface area contributed by atoms with Crippen LogP contribution in [-0.2, 0) is 19.2 Å². The Balaban J connectivity index is 0.00000194. The summed E-state index contributed by atoms with van der Waals surface area (Å²) in [7, 11) is -0.176. The minimum absolute atomic E-state index is 0. The summed E-state index contributed by atoms with van der Waals surface area (Å²) in [6, 6.07) is 19.1. The Bertz CT molecular complexity index is 1180. The maximum Gasteiger partial charge on any atom is -1.00 e. The second kappa shape index (κ2) is 15.4. The molecule has 0 amide bonds. The molecule has 2 atom stereocenters. The fourth-order valence-corrected chi connectivity index (χ4v) is 20.0. The van der Waals surface area contributed by atoms with Crippen molar-refractivity contribution in [3.05, 3.63) is 81.4 Å². The van der Waals surface area contributed by atoms with E-state index in [1.54, 1.807) is 16.7 Å². The van der Waals surface area contributed by atoms with Crippen molar-refractivity contribution in [2.45, 2.75) is 123 Å². The van der Waals surface area contributed by atoms with E-state index in [1.807, 2.05) is 10.6 Å². The van der Waals surface area contributed by atoms with E-state index in [1.165, 1.54) is 69.8 Å². The normalized spacial score (nSPS) is 22.6. The second-order valence-electron chi connectivity index (χ2n) is 13.0. The first-order chi connectivity index (χ1) is 19.0. The van der Waals surface area contributed by atoms with Gasteiger partial charge in [-0.2, -0.15) is 0 Å². The molecule has 2 aromatic rings. The summed E-state index contributed by atoms with van der Waals surface area (Å²) in [6.07, 6.45) is 20.3. The van der Waals surface area contributed by atoms with E-state index in [0.29, 0.717) is 4.22 Å². The van der Waals surface area contributed by atoms with Crippen molar-refractivity contribution in [2.24, 2.45) is 0 Å². The molecule has 0 aliphatic heterocycles. The third kappa shape index (κ3) is 7.16. The third-order valence-electron chi connectivity index (χ3n) is 9.79. The summed E-state index contributed by atoms with van der Waals surface area (Å²) in [5.41, 5.74) is 9.96. The molecule has 0 nitrogen and oxygen atoms in total. The van der Waals surface area contributed by atoms with Crippen molar-refractivity contribution in [3.8, 4) is 0 Å². The molecule has 2 saturated carbocycles. The van der Waals surface area contributed by atoms with Crippen molar-refractivity contribution in [2.75, 3.05) is 0 Å². The van der Waals surface area contributed by atoms with Crippen molar-refractivity contribution >= 4 is 28.0 Å². The molecule has 5 heteroatoms. The largest absolute Gasteiger partial charge is 1.00 e. The maximum atomic E-state index is 2.77. The van der Waals surface area contributed by atoms with Crippen LogP contribution in [0.15, 0.2) is 59.2 Å². The van der Waals surface area contributed by atoms with Crippen LogP contribution in [0.4, 0.5) is 0 Å². The minimum Gasteiger partial charge on any atom is -1.00 e. The van der Waals surface area contributed by atoms with Crippen LogP contribution in [0.3, 0.4) is 0 Å². The fourth-order valence-electron chi connectivity index (χ4n) is 8.21. The average Bonchev–Trinajstić information content (AvgIpc) is 3.48. The van der Waals surface area contributed by atoms with Gasteiger partial charge in [0.25, 0.3) is 0 Å². The Morgan fingerprint density at radius 1 is 0.585 bits per heavy atom. The van der Waals surface area contributed by atoms with Crippen LogP contribution >= 0.6 is 15.8 Å². The average molecular weight is 662 g/mol. The molecular weight excluding hydrogens is 613 g/mol. The summed E-state index contributed by atoms with van der Waals surface area (Å²) in [6.45, 7) is 9.98. The van der Waals surface area contributed by atoms with Gasteiger partial charge in [0.15, 0.2) is 0 Å². The van der Waals surface area contributed by atoms with E-state index < -0.39 is 0 Å². The third-order valence-corrected chi connectivity index (χ3v) is 20.3. The molecular formula is C36H48Cl2P2Ti. The molecule has 2 fully saturated rings. The Kier molecular flexibility index (Phi) is 12.7. The SMILES string of the molecule is CC(C)P(C1=Cc2ccccc2[CH]1[Ti+2][CH]1C(P(C2CCCCC2)C2CCCCC2)=Cc2ccccc21)C(C)C.[Cl-].[Cl-]. The van der Waals surface area contributed by atoms with Crippen molar-refractivity contribution < 1.29 is 44.0 Å². The summed E-state index contributed by atoms with van der Waals surface area (Å²) in [4.78, 5) is 0. The quantitative estimate of drug-likeness (QED) is 0.251. The van der Waals surface area contributed by atoms with Crippen molar-refractivity contribution in [3.63, 3.8) is 0 Å². The number of halogens is 2. The monoisotopic (exact) mass is 660 g/mol. The predicted octanol–water partition coefficient (Wildman–Crippen LogP) is 5.71. The zero-order valence-electron chi connectivity index (χ0n) is 25.5. The number of allylic oxidation sites excluding steroid dienone is 2. The number of fused-ring (bicyclic) bond motifs is 2. The Morgan fingerprint density at radius 3 is 1.46 bits per heavy atom. The van der Waals surface area contributed by atoms with E-state index >= 15 is 0 Å². The Labute approximate surface area is 274 Å². The molecule has 0 radical (unpaired) electrons. The standard InChI is InChI=1S/C21H28P.C15H20P.2ClH.Ti/c1-3-11-19(12-4-1)22(20-13-5-2-6-14-20)21-15-17-9-7-8-10-18(17)16-21;1-11(2)16(12(3)4)15-9-13-7-5-6-8-14(13)10-15;;;/h7-10,15-16,19-20H,1-6,11-14H2;5-12H,1-4H3;2*1H;/q;;;;+2/p-2. The molecule has 4 aliphatic carbocycles. The van der Waals surface area contributed by atoms with Gasteiger partial charge in [0.2, 0.25) is 0 Å². The van der Waals surface area contributed by atoms with Gasteiger partial charge >= 0.3 is 252 Å². The molecule has 220 valence electrons. The van der Waals surface area contributed by atoms with Crippen LogP contribution in [-0.4, -0.2) is 22.6 Å². The first-order valence-electron chi connectivity index (χ1n) is 16.0. The van der Waals surface area contributed by atoms with E-state index in [2.05, 4.69) is 88.4 Å². The van der Waals surface area contributed by atoms with Crippen molar-refractivity contribution in [1.82, 2.24) is 0 Å². The minimum atomic E-state index is -0.298. The van der Waals surface area contributed by atoms with Crippen LogP contribution in [0.5, 0.6) is 0 Å². The Morgan fingerprint density at radius 2 is 1.00 bits per heavy atom. The molecule has 0 spiro atoms. The van der Waals surface area contributed by atoms with E-state index in [-0.39, 0.29) is 59.8 Å². The zero-order chi connectivity index (χ0) is 26.9. The van der Waals surface area contributed by atoms with Gasteiger partial charge in [-0.25, -0.2) is 0 Å². The first kappa shape index (κ1) is 34.0. The number of benzene rings is 2. The number of rotatable bonds is 8. The summed E-state index contributed by atoms with van der Waals surface area (Å²) in [5, 5.41) is 3.81. The van der Waals surface area contributed by atoms with E-state index in [0.717, 1.165) is 26.9 Å². The maximum absolute atomic E-state index is 2.77. The van der Waals surface area contributed by atoms with Crippen LogP contribution in [0.25, 0.3) is 12.2 Å². The van der Waals surface area contributed by atoms with Gasteiger partial charge in [0, 0.05) is 0 Å². The second-order valence-corrected chi connectivity index (χ2v) is 21.5. The first-order valence-corrected chi connectivity index (χ1v) is 20.7. The topological polar surface area (TPSA) is 0 Å². The van der Waals surface area contributed by atoms with Gasteiger partial charge in [-0.15, -0.1) is 0 Å². The van der Waals surface area contributed by atoms with Gasteiger partial charge in [0.05, 0.1) is 0 Å². The fraction of sp³-hybridized carbons (Fsp3) is 0.556. The molecule has 0 saturated heterocycles. The van der Waals surface area contributed by atoms with Gasteiger partial charge in [-0.1, -0.05) is 0 Å². The molecule has 0 aromatic heterocycles.